The molecule has 0 aliphatic heterocycles. The van der Waals surface area contributed by atoms with Crippen molar-refractivity contribution in [1.82, 2.24) is 0 Å². The van der Waals surface area contributed by atoms with Crippen LogP contribution in [-0.4, -0.2) is 24.1 Å². The van der Waals surface area contributed by atoms with Crippen LogP contribution in [0.15, 0.2) is 53.4 Å². The Labute approximate surface area is 124 Å². The predicted molar refractivity (Wildman–Crippen MR) is 76.1 cm³/mol. The summed E-state index contributed by atoms with van der Waals surface area (Å²) in [5.74, 6) is -0.111. The number of nitrogens with zero attached hydrogens (tertiary/aromatic N) is 1. The molecule has 0 unspecified atom stereocenters. The van der Waals surface area contributed by atoms with Crippen LogP contribution in [0.4, 0.5) is 5.69 Å². The Morgan fingerprint density at radius 3 is 2.10 bits per heavy atom. The fraction of sp³-hybridized carbons (Fsp3) is 0.0714. The molecule has 2 rings (SSSR count). The molecule has 2 aromatic rings. The summed E-state index contributed by atoms with van der Waals surface area (Å²) in [5, 5.41) is 0. The quantitative estimate of drug-likeness (QED) is 0.627. The summed E-state index contributed by atoms with van der Waals surface area (Å²) in [6, 6.07) is 12.6. The third-order valence-electron chi connectivity index (χ3n) is 2.72. The molecule has 0 bridgehead atoms. The molecule has 0 atom stereocenters. The maximum absolute atomic E-state index is 12.2. The van der Waals surface area contributed by atoms with E-state index in [4.69, 9.17) is 6.57 Å². The Morgan fingerprint density at radius 1 is 1.00 bits per heavy atom. The third-order valence-corrected chi connectivity index (χ3v) is 5.49. The molecule has 2 aromatic carbocycles. The van der Waals surface area contributed by atoms with Crippen LogP contribution in [0.5, 0.6) is 0 Å². The van der Waals surface area contributed by atoms with E-state index in [-0.39, 0.29) is 10.6 Å². The van der Waals surface area contributed by atoms with Crippen molar-refractivity contribution in [1.29, 1.82) is 0 Å². The minimum absolute atomic E-state index is 0.111. The number of benzene rings is 2. The van der Waals surface area contributed by atoms with Crippen LogP contribution in [0.25, 0.3) is 4.85 Å². The molecule has 100 valence electrons. The van der Waals surface area contributed by atoms with E-state index in [0.717, 1.165) is 4.35 Å². The molecule has 0 N–H and O–H groups in total. The van der Waals surface area contributed by atoms with Gasteiger partial charge in [-0.3, -0.25) is 0 Å². The second-order valence-corrected chi connectivity index (χ2v) is 7.58. The third kappa shape index (κ3) is 3.41. The van der Waals surface area contributed by atoms with Gasteiger partial charge in [-0.15, -0.1) is 0 Å². The van der Waals surface area contributed by atoms with Gasteiger partial charge in [-0.2, -0.15) is 0 Å². The molecule has 0 saturated heterocycles. The first-order valence-corrected chi connectivity index (χ1v) is 9.03. The van der Waals surface area contributed by atoms with E-state index in [1.807, 2.05) is 0 Å². The second kappa shape index (κ2) is 6.13. The van der Waals surface area contributed by atoms with Gasteiger partial charge in [0, 0.05) is 0 Å². The fourth-order valence-electron chi connectivity index (χ4n) is 1.68. The van der Waals surface area contributed by atoms with Crippen LogP contribution in [0.2, 0.25) is 0 Å². The topological polar surface area (TPSA) is 55.6 Å². The molecule has 6 heteroatoms. The van der Waals surface area contributed by atoms with E-state index in [0.29, 0.717) is 11.3 Å². The summed E-state index contributed by atoms with van der Waals surface area (Å²) < 4.78 is 35.9. The summed E-state index contributed by atoms with van der Waals surface area (Å²) in [4.78, 5) is 3.42. The van der Waals surface area contributed by atoms with Gasteiger partial charge in [-0.25, -0.2) is 0 Å². The van der Waals surface area contributed by atoms with Crippen molar-refractivity contribution >= 4 is 35.6 Å². The minimum atomic E-state index is -3.43. The SMILES string of the molecule is [C-]#[N+]c1ccc(S(=O)(=O)Cc2ccc([As]=O)cc2)cc1. The van der Waals surface area contributed by atoms with Gasteiger partial charge in [0.2, 0.25) is 0 Å². The van der Waals surface area contributed by atoms with E-state index in [1.54, 1.807) is 24.3 Å². The fourth-order valence-corrected chi connectivity index (χ4v) is 3.60. The van der Waals surface area contributed by atoms with Crippen LogP contribution in [0.1, 0.15) is 5.56 Å². The molecule has 4 nitrogen and oxygen atoms in total. The standard InChI is InChI=1S/C14H10AsNO3S/c1-16-13-6-8-14(9-7-13)20(18,19)10-11-2-4-12(15-17)5-3-11/h2-9H,10H2. The van der Waals surface area contributed by atoms with Gasteiger partial charge in [0.05, 0.1) is 0 Å². The molecule has 0 spiro atoms. The van der Waals surface area contributed by atoms with Gasteiger partial charge in [0.25, 0.3) is 0 Å². The van der Waals surface area contributed by atoms with Crippen LogP contribution >= 0.6 is 0 Å². The Balaban J connectivity index is 2.25. The summed E-state index contributed by atoms with van der Waals surface area (Å²) in [6.45, 7) is 6.84. The maximum atomic E-state index is 12.2. The van der Waals surface area contributed by atoms with E-state index in [2.05, 4.69) is 4.85 Å². The van der Waals surface area contributed by atoms with E-state index < -0.39 is 25.5 Å². The first-order chi connectivity index (χ1) is 9.55. The molecule has 0 heterocycles. The zero-order valence-electron chi connectivity index (χ0n) is 10.4. The monoisotopic (exact) mass is 347 g/mol. The molecule has 0 amide bonds. The zero-order chi connectivity index (χ0) is 14.6. The number of hydrogen-bond acceptors (Lipinski definition) is 3. The first kappa shape index (κ1) is 14.6. The zero-order valence-corrected chi connectivity index (χ0v) is 13.0. The molecular weight excluding hydrogens is 337 g/mol. The second-order valence-electron chi connectivity index (χ2n) is 4.12. The van der Waals surface area contributed by atoms with Crippen molar-refractivity contribution < 1.29 is 12.2 Å². The van der Waals surface area contributed by atoms with Gasteiger partial charge in [-0.05, 0) is 0 Å². The Morgan fingerprint density at radius 2 is 1.60 bits per heavy atom. The average Bonchev–Trinajstić information content (AvgIpc) is 2.48. The molecule has 0 aromatic heterocycles. The van der Waals surface area contributed by atoms with Gasteiger partial charge in [0.15, 0.2) is 0 Å². The first-order valence-electron chi connectivity index (χ1n) is 5.68. The average molecular weight is 347 g/mol. The van der Waals surface area contributed by atoms with Crippen molar-refractivity contribution in [2.24, 2.45) is 0 Å². The van der Waals surface area contributed by atoms with Gasteiger partial charge < -0.3 is 6.57 Å². The Bertz CT molecular complexity index is 760. The summed E-state index contributed by atoms with van der Waals surface area (Å²) in [6.07, 6.45) is 0. The number of rotatable bonds is 4. The summed E-state index contributed by atoms with van der Waals surface area (Å²) in [5.41, 5.74) is 1.06. The van der Waals surface area contributed by atoms with Gasteiger partial charge in [-0.1, -0.05) is 0 Å². The predicted octanol–water partition coefficient (Wildman–Crippen LogP) is 1.89. The number of hydrogen-bond donors (Lipinski definition) is 0. The van der Waals surface area contributed by atoms with Crippen LogP contribution in [-0.2, 0) is 19.3 Å². The number of sulfone groups is 1. The molecule has 0 aliphatic carbocycles. The van der Waals surface area contributed by atoms with E-state index in [1.165, 1.54) is 24.3 Å². The van der Waals surface area contributed by atoms with E-state index >= 15 is 0 Å². The normalized spacial score (nSPS) is 11.2. The van der Waals surface area contributed by atoms with Crippen molar-refractivity contribution in [3.8, 4) is 0 Å². The summed E-state index contributed by atoms with van der Waals surface area (Å²) in [7, 11) is -3.43. The summed E-state index contributed by atoms with van der Waals surface area (Å²) >= 11 is -1.08. The molecule has 0 fully saturated rings. The Hall–Kier alpha value is -1.76. The molecule has 20 heavy (non-hydrogen) atoms. The van der Waals surface area contributed by atoms with Crippen molar-refractivity contribution in [2.45, 2.75) is 10.6 Å². The molecule has 0 radical (unpaired) electrons. The van der Waals surface area contributed by atoms with Crippen molar-refractivity contribution in [3.05, 3.63) is 65.5 Å². The van der Waals surface area contributed by atoms with Gasteiger partial charge in [0.1, 0.15) is 0 Å². The molecular formula is C14H10AsNO3S. The van der Waals surface area contributed by atoms with Crippen LogP contribution in [0.3, 0.4) is 0 Å². The van der Waals surface area contributed by atoms with E-state index in [9.17, 15) is 12.2 Å². The molecule has 0 aliphatic rings. The van der Waals surface area contributed by atoms with Crippen molar-refractivity contribution in [2.75, 3.05) is 0 Å². The van der Waals surface area contributed by atoms with Gasteiger partial charge >= 0.3 is 117 Å². The molecule has 0 saturated carbocycles. The van der Waals surface area contributed by atoms with Crippen LogP contribution < -0.4 is 4.35 Å². The Kier molecular flexibility index (Phi) is 4.49. The van der Waals surface area contributed by atoms with Crippen LogP contribution in [0, 0.1) is 6.57 Å². The van der Waals surface area contributed by atoms with Crippen molar-refractivity contribution in [3.63, 3.8) is 0 Å².